The van der Waals surface area contributed by atoms with E-state index in [0.29, 0.717) is 24.2 Å². The van der Waals surface area contributed by atoms with Gasteiger partial charge in [0, 0.05) is 17.6 Å². The summed E-state index contributed by atoms with van der Waals surface area (Å²) in [6, 6.07) is 3.39. The molecule has 1 amide bonds. The molecule has 4 N–H and O–H groups in total. The number of nitrogens with one attached hydrogen (secondary N) is 1. The maximum atomic E-state index is 12.7. The van der Waals surface area contributed by atoms with Crippen LogP contribution in [0.3, 0.4) is 0 Å². The number of carbonyl (C=O) groups excluding carboxylic acids is 1. The molecule has 2 fully saturated rings. The molecule has 0 aliphatic carbocycles. The van der Waals surface area contributed by atoms with Gasteiger partial charge in [-0.2, -0.15) is 0 Å². The van der Waals surface area contributed by atoms with Crippen LogP contribution in [0.2, 0.25) is 5.15 Å². The quantitative estimate of drug-likeness (QED) is 0.432. The molecule has 0 spiro atoms. The molecular weight excluding hydrogens is 280 g/mol. The van der Waals surface area contributed by atoms with Crippen LogP contribution in [0, 0.1) is 0 Å². The summed E-state index contributed by atoms with van der Waals surface area (Å²) in [6.45, 7) is 0. The molecule has 0 saturated carbocycles. The second-order valence-corrected chi connectivity index (χ2v) is 5.82. The third-order valence-electron chi connectivity index (χ3n) is 4.13. The molecule has 2 atom stereocenters. The van der Waals surface area contributed by atoms with E-state index < -0.39 is 0 Å². The number of aromatic nitrogens is 1. The summed E-state index contributed by atoms with van der Waals surface area (Å²) in [5, 5.41) is 10.0. The van der Waals surface area contributed by atoms with Gasteiger partial charge in [-0.05, 0) is 37.8 Å². The number of aliphatic hydroxyl groups is 1. The number of hydrazine groups is 1. The number of aliphatic hydroxyl groups excluding tert-OH is 1. The van der Waals surface area contributed by atoms with Gasteiger partial charge in [0.15, 0.2) is 0 Å². The number of anilines is 1. The average Bonchev–Trinajstić information content (AvgIpc) is 2.69. The molecule has 6 nitrogen and oxygen atoms in total. The number of hydrogen-bond acceptors (Lipinski definition) is 5. The van der Waals surface area contributed by atoms with Gasteiger partial charge in [-0.15, -0.1) is 0 Å². The first-order chi connectivity index (χ1) is 9.58. The fourth-order valence-corrected chi connectivity index (χ4v) is 3.53. The third-order valence-corrected chi connectivity index (χ3v) is 4.33. The number of hydrogen-bond donors (Lipinski definition) is 3. The number of amides is 1. The van der Waals surface area contributed by atoms with Gasteiger partial charge in [0.25, 0.3) is 5.91 Å². The monoisotopic (exact) mass is 296 g/mol. The van der Waals surface area contributed by atoms with E-state index in [9.17, 15) is 9.90 Å². The highest BCUT2D eigenvalue weighted by Crippen LogP contribution is 2.37. The van der Waals surface area contributed by atoms with E-state index in [2.05, 4.69) is 10.4 Å². The number of nitrogens with zero attached hydrogens (tertiary/aromatic N) is 2. The van der Waals surface area contributed by atoms with Crippen LogP contribution < -0.4 is 11.3 Å². The molecule has 2 aliphatic heterocycles. The van der Waals surface area contributed by atoms with E-state index in [-0.39, 0.29) is 29.2 Å². The van der Waals surface area contributed by atoms with Crippen LogP contribution in [0.4, 0.5) is 5.82 Å². The molecule has 0 aromatic carbocycles. The molecule has 7 heteroatoms. The van der Waals surface area contributed by atoms with Crippen molar-refractivity contribution in [2.75, 3.05) is 5.43 Å². The Morgan fingerprint density at radius 1 is 1.40 bits per heavy atom. The first-order valence-corrected chi connectivity index (χ1v) is 7.11. The Morgan fingerprint density at radius 2 is 2.05 bits per heavy atom. The van der Waals surface area contributed by atoms with Crippen LogP contribution in [0.15, 0.2) is 12.1 Å². The standard InChI is InChI=1S/C13H17ClN4O2/c14-11-3-7(4-12(16-11)17-15)13(20)18-8-1-2-9(18)6-10(19)5-8/h3-4,8-10,19H,1-2,5-6,15H2,(H,16,17). The summed E-state index contributed by atoms with van der Waals surface area (Å²) < 4.78 is 0. The second kappa shape index (κ2) is 5.20. The minimum absolute atomic E-state index is 0.0646. The Labute approximate surface area is 121 Å². The Balaban J connectivity index is 1.88. The van der Waals surface area contributed by atoms with Gasteiger partial charge in [-0.3, -0.25) is 4.79 Å². The highest BCUT2D eigenvalue weighted by Gasteiger charge is 2.43. The largest absolute Gasteiger partial charge is 0.393 e. The SMILES string of the molecule is NNc1cc(C(=O)N2C3CCC2CC(O)C3)cc(Cl)n1. The van der Waals surface area contributed by atoms with Crippen molar-refractivity contribution in [3.05, 3.63) is 22.8 Å². The fraction of sp³-hybridized carbons (Fsp3) is 0.538. The zero-order valence-electron chi connectivity index (χ0n) is 10.9. The van der Waals surface area contributed by atoms with Crippen molar-refractivity contribution in [1.29, 1.82) is 0 Å². The van der Waals surface area contributed by atoms with Gasteiger partial charge in [-0.25, -0.2) is 10.8 Å². The molecule has 1 aromatic heterocycles. The lowest BCUT2D eigenvalue weighted by Gasteiger charge is -2.37. The molecule has 2 saturated heterocycles. The number of nitrogens with two attached hydrogens (primary N) is 1. The number of fused-ring (bicyclic) bond motifs is 2. The molecule has 2 unspecified atom stereocenters. The third kappa shape index (κ3) is 2.34. The Hall–Kier alpha value is -1.37. The van der Waals surface area contributed by atoms with Crippen LogP contribution >= 0.6 is 11.6 Å². The van der Waals surface area contributed by atoms with Crippen molar-refractivity contribution < 1.29 is 9.90 Å². The Bertz CT molecular complexity index is 525. The van der Waals surface area contributed by atoms with E-state index in [1.165, 1.54) is 0 Å². The van der Waals surface area contributed by atoms with E-state index in [4.69, 9.17) is 17.4 Å². The lowest BCUT2D eigenvalue weighted by Crippen LogP contribution is -2.48. The minimum Gasteiger partial charge on any atom is -0.393 e. The number of halogens is 1. The van der Waals surface area contributed by atoms with Crippen LogP contribution in [-0.2, 0) is 0 Å². The van der Waals surface area contributed by atoms with Crippen molar-refractivity contribution in [2.45, 2.75) is 43.9 Å². The summed E-state index contributed by atoms with van der Waals surface area (Å²) in [5.41, 5.74) is 2.88. The molecule has 108 valence electrons. The fourth-order valence-electron chi connectivity index (χ4n) is 3.32. The smallest absolute Gasteiger partial charge is 0.254 e. The normalized spacial score (nSPS) is 28.6. The lowest BCUT2D eigenvalue weighted by molar-refractivity contribution is 0.0287. The molecule has 2 aliphatic rings. The zero-order chi connectivity index (χ0) is 14.3. The van der Waals surface area contributed by atoms with E-state index in [1.54, 1.807) is 12.1 Å². The van der Waals surface area contributed by atoms with Crippen LogP contribution in [0.1, 0.15) is 36.0 Å². The molecule has 20 heavy (non-hydrogen) atoms. The number of rotatable bonds is 2. The van der Waals surface area contributed by atoms with Crippen LogP contribution in [-0.4, -0.2) is 39.1 Å². The molecule has 1 aromatic rings. The molecule has 2 bridgehead atoms. The second-order valence-electron chi connectivity index (χ2n) is 5.43. The molecule has 0 radical (unpaired) electrons. The van der Waals surface area contributed by atoms with Crippen molar-refractivity contribution in [3.63, 3.8) is 0 Å². The van der Waals surface area contributed by atoms with E-state index in [1.807, 2.05) is 4.90 Å². The van der Waals surface area contributed by atoms with Gasteiger partial charge < -0.3 is 15.4 Å². The maximum Gasteiger partial charge on any atom is 0.254 e. The number of pyridine rings is 1. The molecule has 3 rings (SSSR count). The maximum absolute atomic E-state index is 12.7. The van der Waals surface area contributed by atoms with Crippen molar-refractivity contribution in [1.82, 2.24) is 9.88 Å². The average molecular weight is 297 g/mol. The highest BCUT2D eigenvalue weighted by atomic mass is 35.5. The first kappa shape index (κ1) is 13.6. The molecular formula is C13H17ClN4O2. The van der Waals surface area contributed by atoms with E-state index in [0.717, 1.165) is 12.8 Å². The predicted molar refractivity (Wildman–Crippen MR) is 75.3 cm³/mol. The van der Waals surface area contributed by atoms with Gasteiger partial charge in [-0.1, -0.05) is 11.6 Å². The van der Waals surface area contributed by atoms with Crippen molar-refractivity contribution in [2.24, 2.45) is 5.84 Å². The summed E-state index contributed by atoms with van der Waals surface area (Å²) in [4.78, 5) is 18.5. The van der Waals surface area contributed by atoms with E-state index >= 15 is 0 Å². The Morgan fingerprint density at radius 3 is 2.65 bits per heavy atom. The van der Waals surface area contributed by atoms with Gasteiger partial charge in [0.1, 0.15) is 11.0 Å². The number of nitrogen functional groups attached to an aromatic ring is 1. The topological polar surface area (TPSA) is 91.5 Å². The minimum atomic E-state index is -0.293. The van der Waals surface area contributed by atoms with Gasteiger partial charge >= 0.3 is 0 Å². The van der Waals surface area contributed by atoms with Crippen molar-refractivity contribution in [3.8, 4) is 0 Å². The Kier molecular flexibility index (Phi) is 3.54. The first-order valence-electron chi connectivity index (χ1n) is 6.73. The van der Waals surface area contributed by atoms with Crippen LogP contribution in [0.25, 0.3) is 0 Å². The summed E-state index contributed by atoms with van der Waals surface area (Å²) >= 11 is 5.91. The van der Waals surface area contributed by atoms with Crippen LogP contribution in [0.5, 0.6) is 0 Å². The van der Waals surface area contributed by atoms with Gasteiger partial charge in [0.2, 0.25) is 0 Å². The number of piperidine rings is 1. The van der Waals surface area contributed by atoms with Gasteiger partial charge in [0.05, 0.1) is 6.10 Å². The highest BCUT2D eigenvalue weighted by molar-refractivity contribution is 6.29. The zero-order valence-corrected chi connectivity index (χ0v) is 11.7. The molecule has 3 heterocycles. The number of carbonyl (C=O) groups is 1. The summed E-state index contributed by atoms with van der Waals surface area (Å²) in [7, 11) is 0. The van der Waals surface area contributed by atoms with Crippen molar-refractivity contribution >= 4 is 23.3 Å². The predicted octanol–water partition coefficient (Wildman–Crippen LogP) is 1.15. The lowest BCUT2D eigenvalue weighted by atomic mass is 9.99. The summed E-state index contributed by atoms with van der Waals surface area (Å²) in [6.07, 6.45) is 2.92. The summed E-state index contributed by atoms with van der Waals surface area (Å²) in [5.74, 6) is 5.62.